The zero-order chi connectivity index (χ0) is 11.5. The Morgan fingerprint density at radius 3 is 3.00 bits per heavy atom. The Kier molecular flexibility index (Phi) is 3.61. The maximum atomic E-state index is 5.73. The molecule has 0 spiro atoms. The molecular formula is C12H15BrN2O. The molecule has 0 amide bonds. The van der Waals surface area contributed by atoms with Crippen LogP contribution in [0.25, 0.3) is 11.1 Å². The van der Waals surface area contributed by atoms with Crippen LogP contribution in [0, 0.1) is 0 Å². The van der Waals surface area contributed by atoms with E-state index in [-0.39, 0.29) is 5.92 Å². The monoisotopic (exact) mass is 282 g/mol. The third-order valence-electron chi connectivity index (χ3n) is 2.64. The van der Waals surface area contributed by atoms with E-state index in [2.05, 4.69) is 27.8 Å². The van der Waals surface area contributed by atoms with Crippen LogP contribution in [0.2, 0.25) is 0 Å². The summed E-state index contributed by atoms with van der Waals surface area (Å²) in [6.45, 7) is 2.73. The number of rotatable bonds is 4. The molecule has 0 bridgehead atoms. The van der Waals surface area contributed by atoms with Gasteiger partial charge in [0.2, 0.25) is 0 Å². The summed E-state index contributed by atoms with van der Waals surface area (Å²) in [4.78, 5) is 4.49. The molecule has 4 heteroatoms. The first-order valence-corrected chi connectivity index (χ1v) is 6.30. The number of aromatic nitrogens is 1. The highest BCUT2D eigenvalue weighted by atomic mass is 79.9. The minimum atomic E-state index is 0.233. The Morgan fingerprint density at radius 2 is 2.31 bits per heavy atom. The average molecular weight is 283 g/mol. The molecule has 2 N–H and O–H groups in total. The molecule has 16 heavy (non-hydrogen) atoms. The lowest BCUT2D eigenvalue weighted by molar-refractivity contribution is 0.453. The first-order chi connectivity index (χ1) is 7.74. The minimum absolute atomic E-state index is 0.233. The summed E-state index contributed by atoms with van der Waals surface area (Å²) in [5, 5.41) is 0. The number of halogens is 1. The highest BCUT2D eigenvalue weighted by Gasteiger charge is 2.15. The molecule has 0 saturated carbocycles. The topological polar surface area (TPSA) is 52.0 Å². The Bertz CT molecular complexity index is 481. The second-order valence-electron chi connectivity index (χ2n) is 3.89. The van der Waals surface area contributed by atoms with E-state index >= 15 is 0 Å². The number of fused-ring (bicyclic) bond motifs is 1. The Labute approximate surface area is 103 Å². The van der Waals surface area contributed by atoms with E-state index in [1.807, 2.05) is 18.2 Å². The van der Waals surface area contributed by atoms with E-state index in [1.165, 1.54) is 0 Å². The van der Waals surface area contributed by atoms with E-state index in [0.717, 1.165) is 34.3 Å². The van der Waals surface area contributed by atoms with Gasteiger partial charge in [0.25, 0.3) is 0 Å². The quantitative estimate of drug-likeness (QED) is 0.935. The van der Waals surface area contributed by atoms with Crippen LogP contribution in [0.15, 0.2) is 27.1 Å². The lowest BCUT2D eigenvalue weighted by Crippen LogP contribution is -2.12. The van der Waals surface area contributed by atoms with Crippen LogP contribution < -0.4 is 5.73 Å². The number of hydrogen-bond donors (Lipinski definition) is 1. The minimum Gasteiger partial charge on any atom is -0.440 e. The molecule has 0 aliphatic carbocycles. The van der Waals surface area contributed by atoms with E-state index < -0.39 is 0 Å². The van der Waals surface area contributed by atoms with Crippen molar-refractivity contribution in [2.45, 2.75) is 25.7 Å². The molecule has 1 heterocycles. The highest BCUT2D eigenvalue weighted by molar-refractivity contribution is 9.10. The Morgan fingerprint density at radius 1 is 1.50 bits per heavy atom. The van der Waals surface area contributed by atoms with Gasteiger partial charge in [-0.25, -0.2) is 4.98 Å². The van der Waals surface area contributed by atoms with Gasteiger partial charge >= 0.3 is 0 Å². The summed E-state index contributed by atoms with van der Waals surface area (Å²) in [5.74, 6) is 0.994. The van der Waals surface area contributed by atoms with Crippen molar-refractivity contribution in [3.05, 3.63) is 28.6 Å². The molecule has 0 aliphatic heterocycles. The van der Waals surface area contributed by atoms with Crippen LogP contribution in [0.5, 0.6) is 0 Å². The molecule has 2 rings (SSSR count). The van der Waals surface area contributed by atoms with Crippen LogP contribution in [0.4, 0.5) is 0 Å². The van der Waals surface area contributed by atoms with E-state index in [1.54, 1.807) is 0 Å². The zero-order valence-electron chi connectivity index (χ0n) is 9.24. The smallest absolute Gasteiger partial charge is 0.199 e. The van der Waals surface area contributed by atoms with Gasteiger partial charge in [0.1, 0.15) is 5.52 Å². The maximum Gasteiger partial charge on any atom is 0.199 e. The summed E-state index contributed by atoms with van der Waals surface area (Å²) >= 11 is 3.42. The summed E-state index contributed by atoms with van der Waals surface area (Å²) in [7, 11) is 0. The molecule has 0 saturated heterocycles. The lowest BCUT2D eigenvalue weighted by atomic mass is 10.0. The van der Waals surface area contributed by atoms with Gasteiger partial charge in [-0.1, -0.05) is 29.3 Å². The number of benzene rings is 1. The van der Waals surface area contributed by atoms with Gasteiger partial charge < -0.3 is 10.2 Å². The third kappa shape index (κ3) is 2.28. The van der Waals surface area contributed by atoms with E-state index in [9.17, 15) is 0 Å². The molecule has 0 radical (unpaired) electrons. The SMILES string of the molecule is CCCC(CN)c1nc2cc(Br)ccc2o1. The Hall–Kier alpha value is -0.870. The number of nitrogens with zero attached hydrogens (tertiary/aromatic N) is 1. The molecule has 1 atom stereocenters. The van der Waals surface area contributed by atoms with Crippen molar-refractivity contribution >= 4 is 27.0 Å². The molecule has 1 unspecified atom stereocenters. The van der Waals surface area contributed by atoms with Gasteiger partial charge in [-0.2, -0.15) is 0 Å². The number of nitrogens with two attached hydrogens (primary N) is 1. The summed E-state index contributed by atoms with van der Waals surface area (Å²) in [6.07, 6.45) is 2.11. The molecule has 0 fully saturated rings. The zero-order valence-corrected chi connectivity index (χ0v) is 10.8. The highest BCUT2D eigenvalue weighted by Crippen LogP contribution is 2.26. The van der Waals surface area contributed by atoms with Crippen LogP contribution in [0.1, 0.15) is 31.6 Å². The van der Waals surface area contributed by atoms with Gasteiger partial charge in [-0.05, 0) is 24.6 Å². The van der Waals surface area contributed by atoms with Gasteiger partial charge in [0.15, 0.2) is 11.5 Å². The molecule has 3 nitrogen and oxygen atoms in total. The van der Waals surface area contributed by atoms with Crippen molar-refractivity contribution in [1.82, 2.24) is 4.98 Å². The van der Waals surface area contributed by atoms with Gasteiger partial charge in [0.05, 0.1) is 0 Å². The molecule has 86 valence electrons. The third-order valence-corrected chi connectivity index (χ3v) is 3.13. The molecule has 2 aromatic rings. The molecule has 1 aromatic carbocycles. The lowest BCUT2D eigenvalue weighted by Gasteiger charge is -2.07. The van der Waals surface area contributed by atoms with Crippen molar-refractivity contribution in [3.63, 3.8) is 0 Å². The largest absolute Gasteiger partial charge is 0.440 e. The standard InChI is InChI=1S/C12H15BrN2O/c1-2-3-8(7-14)12-15-10-6-9(13)4-5-11(10)16-12/h4-6,8H,2-3,7,14H2,1H3. The fourth-order valence-electron chi connectivity index (χ4n) is 1.78. The van der Waals surface area contributed by atoms with Crippen LogP contribution in [0.3, 0.4) is 0 Å². The van der Waals surface area contributed by atoms with Crippen molar-refractivity contribution in [2.75, 3.05) is 6.54 Å². The Balaban J connectivity index is 2.37. The van der Waals surface area contributed by atoms with Gasteiger partial charge in [-0.15, -0.1) is 0 Å². The van der Waals surface area contributed by atoms with E-state index in [4.69, 9.17) is 10.2 Å². The van der Waals surface area contributed by atoms with Crippen LogP contribution >= 0.6 is 15.9 Å². The first kappa shape index (κ1) is 11.6. The number of oxazole rings is 1. The number of hydrogen-bond acceptors (Lipinski definition) is 3. The van der Waals surface area contributed by atoms with Crippen LogP contribution in [-0.4, -0.2) is 11.5 Å². The van der Waals surface area contributed by atoms with Crippen molar-refractivity contribution in [2.24, 2.45) is 5.73 Å². The first-order valence-electron chi connectivity index (χ1n) is 5.50. The van der Waals surface area contributed by atoms with Gasteiger partial charge in [-0.3, -0.25) is 0 Å². The van der Waals surface area contributed by atoms with Crippen LogP contribution in [-0.2, 0) is 0 Å². The summed E-state index contributed by atoms with van der Waals surface area (Å²) < 4.78 is 6.73. The van der Waals surface area contributed by atoms with Crippen molar-refractivity contribution in [3.8, 4) is 0 Å². The second kappa shape index (κ2) is 4.97. The predicted octanol–water partition coefficient (Wildman–Crippen LogP) is 3.43. The fourth-order valence-corrected chi connectivity index (χ4v) is 2.13. The predicted molar refractivity (Wildman–Crippen MR) is 68.4 cm³/mol. The molecule has 0 aliphatic rings. The summed E-state index contributed by atoms with van der Waals surface area (Å²) in [6, 6.07) is 5.84. The maximum absolute atomic E-state index is 5.73. The molecular weight excluding hydrogens is 268 g/mol. The molecule has 1 aromatic heterocycles. The van der Waals surface area contributed by atoms with E-state index in [0.29, 0.717) is 6.54 Å². The van der Waals surface area contributed by atoms with Crippen molar-refractivity contribution < 1.29 is 4.42 Å². The average Bonchev–Trinajstić information content (AvgIpc) is 2.68. The van der Waals surface area contributed by atoms with Gasteiger partial charge in [0, 0.05) is 16.9 Å². The fraction of sp³-hybridized carbons (Fsp3) is 0.417. The second-order valence-corrected chi connectivity index (χ2v) is 4.80. The van der Waals surface area contributed by atoms with Crippen molar-refractivity contribution in [1.29, 1.82) is 0 Å². The summed E-state index contributed by atoms with van der Waals surface area (Å²) in [5.41, 5.74) is 7.45. The normalized spacial score (nSPS) is 13.2.